The minimum absolute atomic E-state index is 0.385. The number of unbranched alkanes of at least 4 members (excludes halogenated alkanes) is 32. The van der Waals surface area contributed by atoms with Crippen molar-refractivity contribution >= 4 is 54.5 Å². The molecule has 2 aromatic heterocycles. The molecule has 2 heterocycles. The molecule has 0 aliphatic rings. The monoisotopic (exact) mass is 1110 g/mol. The Bertz CT molecular complexity index is 1530. The van der Waals surface area contributed by atoms with E-state index in [1.54, 1.807) is 22.7 Å². The quantitative estimate of drug-likeness (QED) is 0.0495. The lowest BCUT2D eigenvalue weighted by molar-refractivity contribution is 0.400. The lowest BCUT2D eigenvalue weighted by atomic mass is 9.89. The topological polar surface area (TPSA) is 0 Å². The van der Waals surface area contributed by atoms with Crippen molar-refractivity contribution in [3.63, 3.8) is 0 Å². The molecule has 6 heteroatoms. The van der Waals surface area contributed by atoms with Crippen LogP contribution in [0.1, 0.15) is 295 Å². The van der Waals surface area contributed by atoms with Gasteiger partial charge in [0.15, 0.2) is 11.6 Å². The van der Waals surface area contributed by atoms with Gasteiger partial charge in [-0.2, -0.15) is 0 Å². The third kappa shape index (κ3) is 26.9. The highest BCUT2D eigenvalue weighted by atomic mass is 79.9. The van der Waals surface area contributed by atoms with Crippen LogP contribution in [0.2, 0.25) is 0 Å². The van der Waals surface area contributed by atoms with E-state index in [0.717, 1.165) is 30.9 Å². The zero-order valence-electron chi connectivity index (χ0n) is 44.5. The molecule has 0 aliphatic carbocycles. The van der Waals surface area contributed by atoms with Crippen LogP contribution in [0.5, 0.6) is 0 Å². The van der Waals surface area contributed by atoms with Crippen LogP contribution < -0.4 is 0 Å². The van der Waals surface area contributed by atoms with Gasteiger partial charge in [-0.1, -0.05) is 285 Å². The van der Waals surface area contributed by atoms with Gasteiger partial charge in [-0.25, -0.2) is 8.78 Å². The maximum Gasteiger partial charge on any atom is 0.168 e. The van der Waals surface area contributed by atoms with Crippen molar-refractivity contribution in [1.29, 1.82) is 0 Å². The van der Waals surface area contributed by atoms with Crippen molar-refractivity contribution < 1.29 is 8.78 Å². The van der Waals surface area contributed by atoms with Crippen LogP contribution >= 0.6 is 54.5 Å². The third-order valence-electron chi connectivity index (χ3n) is 15.0. The van der Waals surface area contributed by atoms with Gasteiger partial charge in [-0.3, -0.25) is 0 Å². The predicted molar refractivity (Wildman–Crippen MR) is 310 cm³/mol. The van der Waals surface area contributed by atoms with E-state index in [9.17, 15) is 0 Å². The third-order valence-corrected chi connectivity index (χ3v) is 19.1. The van der Waals surface area contributed by atoms with Crippen molar-refractivity contribution in [3.8, 4) is 20.9 Å². The lowest BCUT2D eigenvalue weighted by Gasteiger charge is -2.17. The predicted octanol–water partition coefficient (Wildman–Crippen LogP) is 24.9. The van der Waals surface area contributed by atoms with Crippen LogP contribution in [0.4, 0.5) is 8.78 Å². The molecule has 0 amide bonds. The first-order valence-electron chi connectivity index (χ1n) is 29.4. The second kappa shape index (κ2) is 40.9. The van der Waals surface area contributed by atoms with Gasteiger partial charge in [0.25, 0.3) is 0 Å². The normalized spacial score (nSPS) is 12.7. The van der Waals surface area contributed by atoms with Gasteiger partial charge < -0.3 is 0 Å². The van der Waals surface area contributed by atoms with Gasteiger partial charge in [-0.05, 0) is 86.4 Å². The van der Waals surface area contributed by atoms with E-state index in [4.69, 9.17) is 0 Å². The molecule has 0 radical (unpaired) electrons. The number of benzene rings is 1. The molecule has 0 saturated heterocycles. The Labute approximate surface area is 444 Å². The van der Waals surface area contributed by atoms with Crippen molar-refractivity contribution in [2.75, 3.05) is 0 Å². The molecule has 3 aromatic rings. The van der Waals surface area contributed by atoms with Gasteiger partial charge in [0.05, 0.1) is 3.79 Å². The van der Waals surface area contributed by atoms with Crippen LogP contribution in [0.25, 0.3) is 20.9 Å². The smallest absolute Gasteiger partial charge is 0.168 e. The van der Waals surface area contributed by atoms with Gasteiger partial charge >= 0.3 is 0 Å². The summed E-state index contributed by atoms with van der Waals surface area (Å²) in [5.41, 5.74) is 2.03. The number of thiophene rings is 2. The summed E-state index contributed by atoms with van der Waals surface area (Å²) in [6.07, 6.45) is 56.0. The molecule has 0 nitrogen and oxygen atoms in total. The summed E-state index contributed by atoms with van der Waals surface area (Å²) in [5.74, 6) is -0.170. The zero-order chi connectivity index (χ0) is 48.9. The minimum Gasteiger partial charge on any atom is -0.203 e. The van der Waals surface area contributed by atoms with E-state index >= 15 is 8.78 Å². The molecule has 3 rings (SSSR count). The first-order valence-corrected chi connectivity index (χ1v) is 32.6. The van der Waals surface area contributed by atoms with E-state index in [1.807, 2.05) is 18.2 Å². The zero-order valence-corrected chi connectivity index (χ0v) is 49.3. The summed E-state index contributed by atoms with van der Waals surface area (Å²) in [7, 11) is 0. The Hall–Kier alpha value is -0.560. The van der Waals surface area contributed by atoms with Gasteiger partial charge in [0, 0.05) is 30.2 Å². The summed E-state index contributed by atoms with van der Waals surface area (Å²) >= 11 is 11.0. The molecule has 390 valence electrons. The molecular formula is C62H102Br2F2S2. The summed E-state index contributed by atoms with van der Waals surface area (Å²) in [6, 6.07) is 7.88. The number of rotatable bonds is 46. The molecule has 1 aromatic carbocycles. The van der Waals surface area contributed by atoms with Crippen molar-refractivity contribution in [3.05, 3.63) is 54.6 Å². The second-order valence-corrected chi connectivity index (χ2v) is 25.5. The van der Waals surface area contributed by atoms with E-state index < -0.39 is 11.6 Å². The number of hydrogen-bond donors (Lipinski definition) is 0. The number of hydrogen-bond acceptors (Lipinski definition) is 2. The largest absolute Gasteiger partial charge is 0.203 e. The van der Waals surface area contributed by atoms with Crippen LogP contribution in [0, 0.1) is 23.5 Å². The molecule has 2 atom stereocenters. The maximum atomic E-state index is 16.3. The average molecular weight is 1110 g/mol. The average Bonchev–Trinajstić information content (AvgIpc) is 3.89. The Balaban J connectivity index is 1.64. The van der Waals surface area contributed by atoms with Crippen LogP contribution in [0.3, 0.4) is 0 Å². The fourth-order valence-corrected chi connectivity index (χ4v) is 14.2. The molecule has 0 N–H and O–H groups in total. The molecular weight excluding hydrogens is 1010 g/mol. The van der Waals surface area contributed by atoms with E-state index in [2.05, 4.69) is 65.6 Å². The molecule has 68 heavy (non-hydrogen) atoms. The van der Waals surface area contributed by atoms with Crippen LogP contribution in [-0.4, -0.2) is 0 Å². The van der Waals surface area contributed by atoms with Crippen LogP contribution in [0.15, 0.2) is 32.5 Å². The van der Waals surface area contributed by atoms with Crippen molar-refractivity contribution in [1.82, 2.24) is 0 Å². The first-order chi connectivity index (χ1) is 33.3. The van der Waals surface area contributed by atoms with Crippen LogP contribution in [-0.2, 0) is 12.8 Å². The van der Waals surface area contributed by atoms with E-state index in [1.165, 1.54) is 267 Å². The first kappa shape index (κ1) is 61.7. The summed E-state index contributed by atoms with van der Waals surface area (Å²) in [4.78, 5) is 2.93. The Morgan fingerprint density at radius 3 is 1.01 bits per heavy atom. The van der Waals surface area contributed by atoms with E-state index in [-0.39, 0.29) is 0 Å². The van der Waals surface area contributed by atoms with Gasteiger partial charge in [0.1, 0.15) is 0 Å². The lowest BCUT2D eigenvalue weighted by Crippen LogP contribution is -2.05. The second-order valence-electron chi connectivity index (χ2n) is 21.2. The highest BCUT2D eigenvalue weighted by Crippen LogP contribution is 2.43. The Kier molecular flexibility index (Phi) is 37.1. The molecule has 0 bridgehead atoms. The van der Waals surface area contributed by atoms with Crippen molar-refractivity contribution in [2.45, 2.75) is 297 Å². The molecule has 0 aliphatic heterocycles. The minimum atomic E-state index is -0.719. The number of halogens is 4. The maximum absolute atomic E-state index is 16.3. The summed E-state index contributed by atoms with van der Waals surface area (Å²) < 4.78 is 34.7. The van der Waals surface area contributed by atoms with Gasteiger partial charge in [-0.15, -0.1) is 22.7 Å². The Morgan fingerprint density at radius 1 is 0.382 bits per heavy atom. The summed E-state index contributed by atoms with van der Waals surface area (Å²) in [5, 5.41) is 0. The molecule has 2 unspecified atom stereocenters. The highest BCUT2D eigenvalue weighted by Gasteiger charge is 2.23. The Morgan fingerprint density at radius 2 is 0.676 bits per heavy atom. The fraction of sp³-hybridized carbons (Fsp3) is 0.774. The van der Waals surface area contributed by atoms with Crippen molar-refractivity contribution in [2.24, 2.45) is 11.8 Å². The highest BCUT2D eigenvalue weighted by molar-refractivity contribution is 9.11. The van der Waals surface area contributed by atoms with Gasteiger partial charge in [0.2, 0.25) is 0 Å². The SMILES string of the molecule is CCCCCCCCCCCCC(CCCCCCCCCC)Cc1cc(-c2ccc(-c3cc(Br)c(CC(CCCCCCCCCC)CCCCCCCCCCCC)s3)c(F)c2F)sc1Br. The van der Waals surface area contributed by atoms with E-state index in [0.29, 0.717) is 23.0 Å². The standard InChI is InChI=1S/C62H102Br2F2S2/c1-5-9-13-17-21-25-27-31-34-38-42-51(41-37-33-29-23-19-15-11-7-3)47-53-49-57(68-62(53)64)54-45-46-55(61(66)60(54)65)58-50-56(63)59(67-58)48-52(43-39-35-30-24-20-16-12-8-4)44-40-36-32-28-26-22-18-14-10-6-2/h45-46,49-52H,5-44,47-48H2,1-4H3. The molecule has 0 fully saturated rings. The fourth-order valence-electron chi connectivity index (χ4n) is 10.5. The summed E-state index contributed by atoms with van der Waals surface area (Å²) in [6.45, 7) is 9.17. The molecule has 0 saturated carbocycles. The molecule has 0 spiro atoms.